The van der Waals surface area contributed by atoms with Crippen molar-refractivity contribution < 1.29 is 9.50 Å². The summed E-state index contributed by atoms with van der Waals surface area (Å²) in [6, 6.07) is 9.11. The molecule has 5 heteroatoms. The van der Waals surface area contributed by atoms with Gasteiger partial charge in [-0.05, 0) is 45.8 Å². The molecular formula is C13H8BrCl2FO. The van der Waals surface area contributed by atoms with Crippen molar-refractivity contribution in [1.29, 1.82) is 0 Å². The predicted molar refractivity (Wildman–Crippen MR) is 74.6 cm³/mol. The Kier molecular flexibility index (Phi) is 4.28. The molecule has 0 heterocycles. The lowest BCUT2D eigenvalue weighted by Crippen LogP contribution is -2.02. The van der Waals surface area contributed by atoms with Gasteiger partial charge in [0.05, 0.1) is 5.02 Å². The molecule has 0 spiro atoms. The Morgan fingerprint density at radius 2 is 1.83 bits per heavy atom. The number of aliphatic hydroxyl groups is 1. The van der Waals surface area contributed by atoms with Gasteiger partial charge < -0.3 is 5.11 Å². The highest BCUT2D eigenvalue weighted by Crippen LogP contribution is 2.30. The van der Waals surface area contributed by atoms with Gasteiger partial charge in [0.2, 0.25) is 0 Å². The molecule has 2 rings (SSSR count). The lowest BCUT2D eigenvalue weighted by Gasteiger charge is -2.13. The minimum absolute atomic E-state index is 0.175. The van der Waals surface area contributed by atoms with Crippen molar-refractivity contribution in [2.45, 2.75) is 6.10 Å². The third-order valence-corrected chi connectivity index (χ3v) is 3.97. The van der Waals surface area contributed by atoms with E-state index in [4.69, 9.17) is 23.2 Å². The van der Waals surface area contributed by atoms with Crippen molar-refractivity contribution >= 4 is 39.1 Å². The van der Waals surface area contributed by atoms with Crippen molar-refractivity contribution in [2.75, 3.05) is 0 Å². The van der Waals surface area contributed by atoms with Crippen LogP contribution >= 0.6 is 39.1 Å². The van der Waals surface area contributed by atoms with Gasteiger partial charge in [0.25, 0.3) is 0 Å². The molecule has 18 heavy (non-hydrogen) atoms. The molecule has 0 saturated carbocycles. The first kappa shape index (κ1) is 13.8. The molecule has 0 saturated heterocycles. The number of halogens is 4. The standard InChI is InChI=1S/C13H8BrCl2FO/c14-10-5-7(1-4-11(10)16)13(18)9-3-2-8(15)6-12(9)17/h1-6,13,18H. The van der Waals surface area contributed by atoms with Crippen LogP contribution < -0.4 is 0 Å². The first-order valence-corrected chi connectivity index (χ1v) is 6.62. The maximum atomic E-state index is 13.7. The Morgan fingerprint density at radius 3 is 2.44 bits per heavy atom. The zero-order valence-electron chi connectivity index (χ0n) is 9.00. The van der Waals surface area contributed by atoms with Crippen LogP contribution in [0.1, 0.15) is 17.2 Å². The van der Waals surface area contributed by atoms with Crippen LogP contribution in [0.25, 0.3) is 0 Å². The summed E-state index contributed by atoms with van der Waals surface area (Å²) >= 11 is 14.8. The molecule has 1 atom stereocenters. The van der Waals surface area contributed by atoms with Crippen molar-refractivity contribution in [3.05, 3.63) is 67.9 Å². The highest BCUT2D eigenvalue weighted by Gasteiger charge is 2.16. The van der Waals surface area contributed by atoms with Gasteiger partial charge in [-0.25, -0.2) is 4.39 Å². The number of aliphatic hydroxyl groups excluding tert-OH is 1. The van der Waals surface area contributed by atoms with Crippen molar-refractivity contribution in [3.8, 4) is 0 Å². The van der Waals surface area contributed by atoms with Crippen LogP contribution in [0.2, 0.25) is 10.0 Å². The average Bonchev–Trinajstić information content (AvgIpc) is 2.32. The van der Waals surface area contributed by atoms with Crippen LogP contribution in [-0.2, 0) is 0 Å². The van der Waals surface area contributed by atoms with E-state index in [9.17, 15) is 9.50 Å². The van der Waals surface area contributed by atoms with E-state index in [1.54, 1.807) is 18.2 Å². The fraction of sp³-hybridized carbons (Fsp3) is 0.0769. The fourth-order valence-electron chi connectivity index (χ4n) is 1.59. The van der Waals surface area contributed by atoms with Gasteiger partial charge in [-0.2, -0.15) is 0 Å². The largest absolute Gasteiger partial charge is 0.384 e. The zero-order valence-corrected chi connectivity index (χ0v) is 12.1. The Morgan fingerprint density at radius 1 is 1.11 bits per heavy atom. The SMILES string of the molecule is OC(c1ccc(Cl)c(Br)c1)c1ccc(Cl)cc1F. The molecule has 0 aliphatic rings. The monoisotopic (exact) mass is 348 g/mol. The molecule has 0 radical (unpaired) electrons. The molecule has 94 valence electrons. The average molecular weight is 350 g/mol. The van der Waals surface area contributed by atoms with Crippen molar-refractivity contribution in [1.82, 2.24) is 0 Å². The maximum Gasteiger partial charge on any atom is 0.130 e. The summed E-state index contributed by atoms with van der Waals surface area (Å²) in [7, 11) is 0. The zero-order chi connectivity index (χ0) is 13.3. The summed E-state index contributed by atoms with van der Waals surface area (Å²) in [6.45, 7) is 0. The molecule has 2 aromatic rings. The Hall–Kier alpha value is -0.610. The van der Waals surface area contributed by atoms with Crippen LogP contribution in [0.3, 0.4) is 0 Å². The predicted octanol–water partition coefficient (Wildman–Crippen LogP) is 4.98. The molecule has 2 aromatic carbocycles. The van der Waals surface area contributed by atoms with E-state index in [1.807, 2.05) is 0 Å². The number of hydrogen-bond donors (Lipinski definition) is 1. The fourth-order valence-corrected chi connectivity index (χ4v) is 2.26. The first-order chi connectivity index (χ1) is 8.49. The Bertz CT molecular complexity index is 589. The third-order valence-electron chi connectivity index (χ3n) is 2.52. The van der Waals surface area contributed by atoms with Crippen molar-refractivity contribution in [3.63, 3.8) is 0 Å². The minimum Gasteiger partial charge on any atom is -0.384 e. The second-order valence-electron chi connectivity index (χ2n) is 3.74. The molecule has 0 aliphatic heterocycles. The van der Waals surface area contributed by atoms with Gasteiger partial charge in [-0.3, -0.25) is 0 Å². The van der Waals surface area contributed by atoms with Gasteiger partial charge in [0.15, 0.2) is 0 Å². The molecule has 1 nitrogen and oxygen atoms in total. The number of rotatable bonds is 2. The van der Waals surface area contributed by atoms with Gasteiger partial charge in [0.1, 0.15) is 11.9 Å². The first-order valence-electron chi connectivity index (χ1n) is 5.07. The molecule has 0 bridgehead atoms. The van der Waals surface area contributed by atoms with Gasteiger partial charge in [-0.1, -0.05) is 35.3 Å². The van der Waals surface area contributed by atoms with Gasteiger partial charge in [0, 0.05) is 15.1 Å². The molecule has 0 aromatic heterocycles. The normalized spacial score (nSPS) is 12.5. The van der Waals surface area contributed by atoms with E-state index in [0.717, 1.165) is 0 Å². The highest BCUT2D eigenvalue weighted by atomic mass is 79.9. The summed E-state index contributed by atoms with van der Waals surface area (Å²) < 4.78 is 14.3. The van der Waals surface area contributed by atoms with Gasteiger partial charge >= 0.3 is 0 Å². The van der Waals surface area contributed by atoms with Crippen LogP contribution in [-0.4, -0.2) is 5.11 Å². The van der Waals surface area contributed by atoms with E-state index in [0.29, 0.717) is 20.1 Å². The van der Waals surface area contributed by atoms with E-state index in [-0.39, 0.29) is 5.56 Å². The van der Waals surface area contributed by atoms with E-state index in [2.05, 4.69) is 15.9 Å². The number of benzene rings is 2. The van der Waals surface area contributed by atoms with Crippen molar-refractivity contribution in [2.24, 2.45) is 0 Å². The number of hydrogen-bond acceptors (Lipinski definition) is 1. The summed E-state index contributed by atoms with van der Waals surface area (Å²) in [5.74, 6) is -0.541. The minimum atomic E-state index is -1.06. The molecule has 0 amide bonds. The topological polar surface area (TPSA) is 20.2 Å². The van der Waals surface area contributed by atoms with E-state index >= 15 is 0 Å². The Labute approximate surface area is 122 Å². The van der Waals surface area contributed by atoms with Crippen LogP contribution in [0, 0.1) is 5.82 Å². The van der Waals surface area contributed by atoms with E-state index < -0.39 is 11.9 Å². The third kappa shape index (κ3) is 2.86. The maximum absolute atomic E-state index is 13.7. The molecule has 1 N–H and O–H groups in total. The van der Waals surface area contributed by atoms with Crippen LogP contribution in [0.4, 0.5) is 4.39 Å². The molecule has 0 aliphatic carbocycles. The summed E-state index contributed by atoms with van der Waals surface area (Å²) in [6.07, 6.45) is -1.06. The molecular weight excluding hydrogens is 342 g/mol. The van der Waals surface area contributed by atoms with Gasteiger partial charge in [-0.15, -0.1) is 0 Å². The highest BCUT2D eigenvalue weighted by molar-refractivity contribution is 9.10. The summed E-state index contributed by atoms with van der Waals surface area (Å²) in [5, 5.41) is 11.0. The second kappa shape index (κ2) is 5.57. The second-order valence-corrected chi connectivity index (χ2v) is 5.44. The van der Waals surface area contributed by atoms with E-state index in [1.165, 1.54) is 18.2 Å². The lowest BCUT2D eigenvalue weighted by atomic mass is 10.0. The quantitative estimate of drug-likeness (QED) is 0.810. The Balaban J connectivity index is 2.41. The summed E-state index contributed by atoms with van der Waals surface area (Å²) in [5.41, 5.74) is 0.723. The van der Waals surface area contributed by atoms with Crippen LogP contribution in [0.5, 0.6) is 0 Å². The summed E-state index contributed by atoms with van der Waals surface area (Å²) in [4.78, 5) is 0. The lowest BCUT2D eigenvalue weighted by molar-refractivity contribution is 0.215. The van der Waals surface area contributed by atoms with Crippen LogP contribution in [0.15, 0.2) is 40.9 Å². The molecule has 1 unspecified atom stereocenters. The smallest absolute Gasteiger partial charge is 0.130 e. The molecule has 0 fully saturated rings.